The average molecular weight is 324 g/mol. The molecule has 1 aromatic carbocycles. The molecule has 0 spiro atoms. The topological polar surface area (TPSA) is 26.0 Å². The Kier molecular flexibility index (Phi) is 5.15. The Labute approximate surface area is 126 Å². The van der Waals surface area contributed by atoms with Crippen molar-refractivity contribution in [3.8, 4) is 0 Å². The summed E-state index contributed by atoms with van der Waals surface area (Å²) in [5.74, 6) is -1.62. The van der Waals surface area contributed by atoms with E-state index in [2.05, 4.69) is 0 Å². The van der Waals surface area contributed by atoms with E-state index in [0.29, 0.717) is 29.8 Å². The quantitative estimate of drug-likeness (QED) is 0.800. The first kappa shape index (κ1) is 16.6. The Morgan fingerprint density at radius 3 is 2.33 bits per heavy atom. The molecule has 2 rings (SSSR count). The summed E-state index contributed by atoms with van der Waals surface area (Å²) in [6, 6.07) is 4.07. The van der Waals surface area contributed by atoms with Crippen LogP contribution in [0.1, 0.15) is 31.2 Å². The molecule has 21 heavy (non-hydrogen) atoms. The Hall–Kier alpha value is -0.810. The van der Waals surface area contributed by atoms with Crippen LogP contribution in [0.25, 0.3) is 0 Å². The van der Waals surface area contributed by atoms with Crippen molar-refractivity contribution >= 4 is 11.6 Å². The Balaban J connectivity index is 1.92. The van der Waals surface area contributed by atoms with Crippen LogP contribution in [0.2, 0.25) is 5.02 Å². The van der Waals surface area contributed by atoms with E-state index in [1.165, 1.54) is 6.07 Å². The van der Waals surface area contributed by atoms with Crippen molar-refractivity contribution in [2.24, 2.45) is 17.6 Å². The molecule has 1 aromatic rings. The third-order valence-corrected chi connectivity index (χ3v) is 4.55. The number of hydrogen-bond acceptors (Lipinski definition) is 1. The first-order chi connectivity index (χ1) is 9.77. The van der Waals surface area contributed by atoms with E-state index in [9.17, 15) is 17.6 Å². The lowest BCUT2D eigenvalue weighted by atomic mass is 9.77. The van der Waals surface area contributed by atoms with Crippen LogP contribution in [0.15, 0.2) is 18.2 Å². The second-order valence-electron chi connectivity index (χ2n) is 5.76. The van der Waals surface area contributed by atoms with Gasteiger partial charge in [-0.05, 0) is 55.7 Å². The zero-order valence-corrected chi connectivity index (χ0v) is 12.2. The highest BCUT2D eigenvalue weighted by Crippen LogP contribution is 2.40. The highest BCUT2D eigenvalue weighted by Gasteiger charge is 2.42. The van der Waals surface area contributed by atoms with Gasteiger partial charge < -0.3 is 5.73 Å². The predicted octanol–water partition coefficient (Wildman–Crippen LogP) is 4.72. The molecule has 2 N–H and O–H groups in total. The van der Waals surface area contributed by atoms with Gasteiger partial charge in [0.2, 0.25) is 0 Å². The summed E-state index contributed by atoms with van der Waals surface area (Å²) >= 11 is 5.68. The molecule has 0 aromatic heterocycles. The van der Waals surface area contributed by atoms with E-state index < -0.39 is 17.9 Å². The smallest absolute Gasteiger partial charge is 0.327 e. The lowest BCUT2D eigenvalue weighted by molar-refractivity contribution is -0.184. The van der Waals surface area contributed by atoms with Crippen molar-refractivity contribution in [2.45, 2.75) is 44.3 Å². The molecule has 0 saturated heterocycles. The summed E-state index contributed by atoms with van der Waals surface area (Å²) in [4.78, 5) is 0. The molecule has 1 atom stereocenters. The molecular formula is C15H18ClF4N. The van der Waals surface area contributed by atoms with Gasteiger partial charge >= 0.3 is 6.18 Å². The monoisotopic (exact) mass is 323 g/mol. The fourth-order valence-electron chi connectivity index (χ4n) is 2.98. The molecule has 1 saturated carbocycles. The minimum atomic E-state index is -4.11. The van der Waals surface area contributed by atoms with Crippen LogP contribution in [-0.4, -0.2) is 12.2 Å². The van der Waals surface area contributed by atoms with Gasteiger partial charge in [0.1, 0.15) is 5.82 Å². The van der Waals surface area contributed by atoms with Crippen LogP contribution in [0, 0.1) is 17.7 Å². The first-order valence-corrected chi connectivity index (χ1v) is 7.41. The Bertz CT molecular complexity index is 481. The SMILES string of the molecule is NC(Cc1ccc(Cl)cc1F)C1CCC(C(F)(F)F)CC1. The van der Waals surface area contributed by atoms with E-state index >= 15 is 0 Å². The number of halogens is 5. The van der Waals surface area contributed by atoms with Gasteiger partial charge in [0, 0.05) is 11.1 Å². The van der Waals surface area contributed by atoms with Crippen molar-refractivity contribution in [3.05, 3.63) is 34.6 Å². The molecule has 0 amide bonds. The van der Waals surface area contributed by atoms with Crippen molar-refractivity contribution < 1.29 is 17.6 Å². The maximum atomic E-state index is 13.7. The number of hydrogen-bond donors (Lipinski definition) is 1. The Morgan fingerprint density at radius 1 is 1.19 bits per heavy atom. The van der Waals surface area contributed by atoms with Gasteiger partial charge in [-0.25, -0.2) is 4.39 Å². The minimum Gasteiger partial charge on any atom is -0.327 e. The summed E-state index contributed by atoms with van der Waals surface area (Å²) in [7, 11) is 0. The molecule has 0 bridgehead atoms. The van der Waals surface area contributed by atoms with Crippen LogP contribution in [-0.2, 0) is 6.42 Å². The van der Waals surface area contributed by atoms with Gasteiger partial charge in [0.25, 0.3) is 0 Å². The van der Waals surface area contributed by atoms with Crippen LogP contribution >= 0.6 is 11.6 Å². The first-order valence-electron chi connectivity index (χ1n) is 7.03. The number of nitrogens with two attached hydrogens (primary N) is 1. The molecule has 1 aliphatic rings. The van der Waals surface area contributed by atoms with Crippen molar-refractivity contribution in [3.63, 3.8) is 0 Å². The molecule has 1 fully saturated rings. The summed E-state index contributed by atoms with van der Waals surface area (Å²) in [5, 5.41) is 0.315. The van der Waals surface area contributed by atoms with Crippen molar-refractivity contribution in [2.75, 3.05) is 0 Å². The third-order valence-electron chi connectivity index (χ3n) is 4.31. The minimum absolute atomic E-state index is 0.0127. The van der Waals surface area contributed by atoms with Crippen molar-refractivity contribution in [1.29, 1.82) is 0 Å². The van der Waals surface area contributed by atoms with E-state index in [-0.39, 0.29) is 24.8 Å². The normalized spacial score (nSPS) is 24.9. The maximum absolute atomic E-state index is 13.7. The second kappa shape index (κ2) is 6.53. The lowest BCUT2D eigenvalue weighted by Crippen LogP contribution is -2.37. The molecule has 0 radical (unpaired) electrons. The third kappa shape index (κ3) is 4.33. The predicted molar refractivity (Wildman–Crippen MR) is 74.6 cm³/mol. The van der Waals surface area contributed by atoms with E-state index in [0.717, 1.165) is 0 Å². The van der Waals surface area contributed by atoms with Gasteiger partial charge in [-0.2, -0.15) is 13.2 Å². The van der Waals surface area contributed by atoms with Crippen LogP contribution in [0.4, 0.5) is 17.6 Å². The zero-order valence-electron chi connectivity index (χ0n) is 11.5. The van der Waals surface area contributed by atoms with Crippen LogP contribution < -0.4 is 5.73 Å². The molecule has 118 valence electrons. The number of alkyl halides is 3. The number of benzene rings is 1. The van der Waals surface area contributed by atoms with E-state index in [1.54, 1.807) is 12.1 Å². The van der Waals surface area contributed by atoms with Gasteiger partial charge in [0.05, 0.1) is 5.92 Å². The van der Waals surface area contributed by atoms with Crippen molar-refractivity contribution in [1.82, 2.24) is 0 Å². The van der Waals surface area contributed by atoms with Gasteiger partial charge in [0.15, 0.2) is 0 Å². The highest BCUT2D eigenvalue weighted by atomic mass is 35.5. The molecule has 1 unspecified atom stereocenters. The molecule has 1 nitrogen and oxygen atoms in total. The highest BCUT2D eigenvalue weighted by molar-refractivity contribution is 6.30. The summed E-state index contributed by atoms with van der Waals surface area (Å²) in [6.45, 7) is 0. The van der Waals surface area contributed by atoms with E-state index in [4.69, 9.17) is 17.3 Å². The maximum Gasteiger partial charge on any atom is 0.391 e. The standard InChI is InChI=1S/C15H18ClF4N/c16-12-6-3-10(13(17)8-12)7-14(21)9-1-4-11(5-2-9)15(18,19)20/h3,6,8-9,11,14H,1-2,4-5,7,21H2. The van der Waals surface area contributed by atoms with Gasteiger partial charge in [-0.3, -0.25) is 0 Å². The summed E-state index contributed by atoms with van der Waals surface area (Å²) < 4.78 is 51.5. The second-order valence-corrected chi connectivity index (χ2v) is 6.19. The zero-order chi connectivity index (χ0) is 15.6. The molecular weight excluding hydrogens is 306 g/mol. The van der Waals surface area contributed by atoms with Gasteiger partial charge in [-0.1, -0.05) is 17.7 Å². The van der Waals surface area contributed by atoms with Crippen LogP contribution in [0.5, 0.6) is 0 Å². The van der Waals surface area contributed by atoms with Crippen LogP contribution in [0.3, 0.4) is 0 Å². The van der Waals surface area contributed by atoms with Gasteiger partial charge in [-0.15, -0.1) is 0 Å². The average Bonchev–Trinajstić information content (AvgIpc) is 2.41. The Morgan fingerprint density at radius 2 is 1.81 bits per heavy atom. The molecule has 1 aliphatic carbocycles. The molecule has 6 heteroatoms. The largest absolute Gasteiger partial charge is 0.391 e. The summed E-state index contributed by atoms with van der Waals surface area (Å²) in [5.41, 5.74) is 6.52. The molecule has 0 aliphatic heterocycles. The van der Waals surface area contributed by atoms with E-state index in [1.807, 2.05) is 0 Å². The fraction of sp³-hybridized carbons (Fsp3) is 0.600. The lowest BCUT2D eigenvalue weighted by Gasteiger charge is -2.33. The summed E-state index contributed by atoms with van der Waals surface area (Å²) in [6.07, 6.45) is -2.67. The number of rotatable bonds is 3. The molecule has 0 heterocycles. The fourth-order valence-corrected chi connectivity index (χ4v) is 3.14.